The lowest BCUT2D eigenvalue weighted by molar-refractivity contribution is 0.112. The van der Waals surface area contributed by atoms with Crippen molar-refractivity contribution in [1.29, 1.82) is 0 Å². The van der Waals surface area contributed by atoms with E-state index in [1.807, 2.05) is 0 Å². The Kier molecular flexibility index (Phi) is 2.98. The molecule has 0 aliphatic carbocycles. The van der Waals surface area contributed by atoms with E-state index < -0.39 is 11.9 Å². The van der Waals surface area contributed by atoms with Gasteiger partial charge in [0.05, 0.1) is 5.52 Å². The highest BCUT2D eigenvalue weighted by molar-refractivity contribution is 5.99. The molecule has 3 rings (SSSR count). The highest BCUT2D eigenvalue weighted by atomic mass is 19.1. The van der Waals surface area contributed by atoms with Crippen molar-refractivity contribution in [2.75, 3.05) is 0 Å². The number of carboxylic acid groups (broad SMARTS) is 1. The quantitative estimate of drug-likeness (QED) is 0.733. The van der Waals surface area contributed by atoms with E-state index in [1.165, 1.54) is 36.4 Å². The van der Waals surface area contributed by atoms with Crippen LogP contribution in [0.4, 0.5) is 9.18 Å². The number of benzene rings is 2. The number of fused-ring (bicyclic) bond motifs is 1. The third-order valence-corrected chi connectivity index (χ3v) is 3.12. The summed E-state index contributed by atoms with van der Waals surface area (Å²) in [5, 5.41) is 13.7. The molecule has 1 heterocycles. The Balaban J connectivity index is 2.35. The molecule has 0 saturated carbocycles. The third kappa shape index (κ3) is 2.16. The highest BCUT2D eigenvalue weighted by Gasteiger charge is 2.16. The minimum Gasteiger partial charge on any atom is -0.463 e. The van der Waals surface area contributed by atoms with Crippen LogP contribution in [0, 0.1) is 5.82 Å². The molecule has 21 heavy (non-hydrogen) atoms. The molecule has 1 aromatic heterocycles. The first-order valence-electron chi connectivity index (χ1n) is 6.07. The monoisotopic (exact) mass is 284 g/mol. The standard InChI is InChI=1S/C15H9FN2O3/c16-11-3-1-2-10(7-11)14-12-6-9(8-19)4-5-13(12)18(17-14)15(20)21/h1-8H,(H,20,21). The van der Waals surface area contributed by atoms with Crippen LogP contribution in [-0.2, 0) is 0 Å². The molecule has 0 unspecified atom stereocenters. The van der Waals surface area contributed by atoms with Crippen LogP contribution in [0.2, 0.25) is 0 Å². The zero-order valence-corrected chi connectivity index (χ0v) is 10.7. The fraction of sp³-hybridized carbons (Fsp3) is 0. The van der Waals surface area contributed by atoms with Crippen molar-refractivity contribution in [2.24, 2.45) is 0 Å². The molecule has 0 atom stereocenters. The van der Waals surface area contributed by atoms with Crippen LogP contribution >= 0.6 is 0 Å². The molecular weight excluding hydrogens is 275 g/mol. The van der Waals surface area contributed by atoms with Gasteiger partial charge in [0.1, 0.15) is 17.8 Å². The molecule has 0 amide bonds. The fourth-order valence-electron chi connectivity index (χ4n) is 2.20. The Morgan fingerprint density at radius 2 is 2.05 bits per heavy atom. The maximum atomic E-state index is 13.4. The van der Waals surface area contributed by atoms with Crippen LogP contribution in [0.25, 0.3) is 22.2 Å². The first-order valence-corrected chi connectivity index (χ1v) is 6.07. The lowest BCUT2D eigenvalue weighted by Crippen LogP contribution is -2.09. The Morgan fingerprint density at radius 3 is 2.71 bits per heavy atom. The molecule has 1 N–H and O–H groups in total. The first kappa shape index (κ1) is 13.0. The van der Waals surface area contributed by atoms with E-state index >= 15 is 0 Å². The summed E-state index contributed by atoms with van der Waals surface area (Å²) < 4.78 is 14.2. The summed E-state index contributed by atoms with van der Waals surface area (Å²) in [7, 11) is 0. The summed E-state index contributed by atoms with van der Waals surface area (Å²) in [5.74, 6) is -0.447. The molecule has 104 valence electrons. The van der Waals surface area contributed by atoms with E-state index in [4.69, 9.17) is 0 Å². The zero-order chi connectivity index (χ0) is 15.0. The SMILES string of the molecule is O=Cc1ccc2c(c1)c(-c1cccc(F)c1)nn2C(=O)O. The zero-order valence-electron chi connectivity index (χ0n) is 10.7. The second-order valence-corrected chi connectivity index (χ2v) is 4.45. The number of nitrogens with zero attached hydrogens (tertiary/aromatic N) is 2. The molecule has 0 aliphatic rings. The predicted molar refractivity (Wildman–Crippen MR) is 73.9 cm³/mol. The summed E-state index contributed by atoms with van der Waals surface area (Å²) in [4.78, 5) is 22.1. The molecule has 0 radical (unpaired) electrons. The fourth-order valence-corrected chi connectivity index (χ4v) is 2.20. The number of rotatable bonds is 2. The molecular formula is C15H9FN2O3. The Morgan fingerprint density at radius 1 is 1.24 bits per heavy atom. The van der Waals surface area contributed by atoms with Crippen molar-refractivity contribution in [2.45, 2.75) is 0 Å². The van der Waals surface area contributed by atoms with Gasteiger partial charge in [-0.15, -0.1) is 0 Å². The van der Waals surface area contributed by atoms with Crippen LogP contribution in [-0.4, -0.2) is 27.3 Å². The summed E-state index contributed by atoms with van der Waals surface area (Å²) in [5.41, 5.74) is 1.50. The molecule has 0 aliphatic heterocycles. The number of hydrogen-bond acceptors (Lipinski definition) is 3. The molecule has 2 aromatic carbocycles. The topological polar surface area (TPSA) is 72.2 Å². The van der Waals surface area contributed by atoms with Crippen molar-refractivity contribution in [3.05, 3.63) is 53.8 Å². The van der Waals surface area contributed by atoms with Crippen molar-refractivity contribution < 1.29 is 19.1 Å². The van der Waals surface area contributed by atoms with E-state index in [0.717, 1.165) is 4.68 Å². The minimum absolute atomic E-state index is 0.315. The average molecular weight is 284 g/mol. The van der Waals surface area contributed by atoms with E-state index in [-0.39, 0.29) is 0 Å². The number of aldehydes is 1. The lowest BCUT2D eigenvalue weighted by Gasteiger charge is -1.98. The maximum Gasteiger partial charge on any atom is 0.432 e. The van der Waals surface area contributed by atoms with Crippen molar-refractivity contribution >= 4 is 23.3 Å². The number of halogens is 1. The van der Waals surface area contributed by atoms with Crippen LogP contribution in [0.5, 0.6) is 0 Å². The highest BCUT2D eigenvalue weighted by Crippen LogP contribution is 2.29. The molecule has 6 heteroatoms. The first-order chi connectivity index (χ1) is 10.1. The van der Waals surface area contributed by atoms with E-state index in [0.29, 0.717) is 34.0 Å². The van der Waals surface area contributed by atoms with Crippen LogP contribution in [0.15, 0.2) is 42.5 Å². The summed E-state index contributed by atoms with van der Waals surface area (Å²) in [6.45, 7) is 0. The largest absolute Gasteiger partial charge is 0.463 e. The Bertz CT molecular complexity index is 870. The Hall–Kier alpha value is -3.02. The number of carbonyl (C=O) groups is 2. The van der Waals surface area contributed by atoms with Gasteiger partial charge < -0.3 is 5.11 Å². The predicted octanol–water partition coefficient (Wildman–Crippen LogP) is 3.18. The van der Waals surface area contributed by atoms with Gasteiger partial charge in [0, 0.05) is 16.5 Å². The van der Waals surface area contributed by atoms with Crippen LogP contribution in [0.3, 0.4) is 0 Å². The smallest absolute Gasteiger partial charge is 0.432 e. The van der Waals surface area contributed by atoms with Crippen molar-refractivity contribution in [3.63, 3.8) is 0 Å². The second kappa shape index (κ2) is 4.82. The summed E-state index contributed by atoms with van der Waals surface area (Å²) >= 11 is 0. The molecule has 0 saturated heterocycles. The van der Waals surface area contributed by atoms with Gasteiger partial charge in [0.2, 0.25) is 0 Å². The number of aromatic nitrogens is 2. The minimum atomic E-state index is -1.25. The Labute approximate surface area is 118 Å². The van der Waals surface area contributed by atoms with Gasteiger partial charge in [-0.25, -0.2) is 9.18 Å². The molecule has 3 aromatic rings. The van der Waals surface area contributed by atoms with E-state index in [9.17, 15) is 19.1 Å². The van der Waals surface area contributed by atoms with Crippen LogP contribution in [0.1, 0.15) is 10.4 Å². The normalized spacial score (nSPS) is 10.7. The summed E-state index contributed by atoms with van der Waals surface area (Å²) in [6.07, 6.45) is -0.589. The van der Waals surface area contributed by atoms with Crippen LogP contribution < -0.4 is 0 Å². The molecule has 0 fully saturated rings. The summed E-state index contributed by atoms with van der Waals surface area (Å²) in [6, 6.07) is 10.2. The van der Waals surface area contributed by atoms with Crippen molar-refractivity contribution in [3.8, 4) is 11.3 Å². The van der Waals surface area contributed by atoms with Gasteiger partial charge >= 0.3 is 6.09 Å². The van der Waals surface area contributed by atoms with Gasteiger partial charge in [-0.2, -0.15) is 9.78 Å². The van der Waals surface area contributed by atoms with E-state index in [2.05, 4.69) is 5.10 Å². The average Bonchev–Trinajstić information content (AvgIpc) is 2.86. The molecule has 0 spiro atoms. The number of carbonyl (C=O) groups excluding carboxylic acids is 1. The van der Waals surface area contributed by atoms with Crippen molar-refractivity contribution in [1.82, 2.24) is 9.78 Å². The lowest BCUT2D eigenvalue weighted by atomic mass is 10.1. The number of hydrogen-bond donors (Lipinski definition) is 1. The van der Waals surface area contributed by atoms with Gasteiger partial charge in [-0.05, 0) is 30.3 Å². The third-order valence-electron chi connectivity index (χ3n) is 3.12. The maximum absolute atomic E-state index is 13.4. The second-order valence-electron chi connectivity index (χ2n) is 4.45. The van der Waals surface area contributed by atoms with Gasteiger partial charge in [0.15, 0.2) is 0 Å². The van der Waals surface area contributed by atoms with E-state index in [1.54, 1.807) is 6.07 Å². The molecule has 5 nitrogen and oxygen atoms in total. The molecule has 0 bridgehead atoms. The van der Waals surface area contributed by atoms with Gasteiger partial charge in [-0.3, -0.25) is 4.79 Å². The van der Waals surface area contributed by atoms with Gasteiger partial charge in [0.25, 0.3) is 0 Å². The van der Waals surface area contributed by atoms with Gasteiger partial charge in [-0.1, -0.05) is 12.1 Å².